The highest BCUT2D eigenvalue weighted by Crippen LogP contribution is 2.30. The maximum Gasteiger partial charge on any atom is 0.270 e. The fraction of sp³-hybridized carbons (Fsp3) is 0.286. The Kier molecular flexibility index (Phi) is 5.83. The van der Waals surface area contributed by atoms with Gasteiger partial charge in [0.15, 0.2) is 0 Å². The molecule has 0 bridgehead atoms. The predicted octanol–water partition coefficient (Wildman–Crippen LogP) is 3.90. The van der Waals surface area contributed by atoms with Crippen molar-refractivity contribution in [3.8, 4) is 0 Å². The number of amides is 4. The van der Waals surface area contributed by atoms with Crippen molar-refractivity contribution < 1.29 is 19.2 Å². The second-order valence-electron chi connectivity index (χ2n) is 9.83. The number of rotatable bonds is 3. The van der Waals surface area contributed by atoms with Crippen LogP contribution in [-0.4, -0.2) is 57.5 Å². The van der Waals surface area contributed by atoms with Gasteiger partial charge in [0.2, 0.25) is 11.8 Å². The Balaban J connectivity index is 1.11. The molecular formula is C28H25ClN4O4. The molecule has 2 N–H and O–H groups in total. The number of nitrogens with zero attached hydrogens (tertiary/aromatic N) is 2. The molecule has 0 radical (unpaired) electrons. The maximum absolute atomic E-state index is 13.0. The first-order chi connectivity index (χ1) is 17.9. The van der Waals surface area contributed by atoms with Gasteiger partial charge in [0.1, 0.15) is 11.7 Å². The lowest BCUT2D eigenvalue weighted by Crippen LogP contribution is -2.52. The van der Waals surface area contributed by atoms with E-state index in [0.29, 0.717) is 42.3 Å². The number of benzene rings is 2. The van der Waals surface area contributed by atoms with Gasteiger partial charge in [0, 0.05) is 47.5 Å². The molecular weight excluding hydrogens is 492 g/mol. The summed E-state index contributed by atoms with van der Waals surface area (Å²) >= 11 is 6.06. The molecule has 4 amide bonds. The molecule has 1 aromatic heterocycles. The lowest BCUT2D eigenvalue weighted by Gasteiger charge is -2.29. The largest absolute Gasteiger partial charge is 0.350 e. The van der Waals surface area contributed by atoms with Gasteiger partial charge in [-0.1, -0.05) is 35.4 Å². The van der Waals surface area contributed by atoms with Crippen LogP contribution in [0.1, 0.15) is 57.7 Å². The van der Waals surface area contributed by atoms with Crippen molar-refractivity contribution in [2.24, 2.45) is 0 Å². The van der Waals surface area contributed by atoms with Gasteiger partial charge in [-0.3, -0.25) is 24.5 Å². The number of fused-ring (bicyclic) bond motifs is 2. The smallest absolute Gasteiger partial charge is 0.270 e. The molecule has 188 valence electrons. The van der Waals surface area contributed by atoms with Gasteiger partial charge in [-0.25, -0.2) is 0 Å². The normalized spacial score (nSPS) is 19.9. The molecule has 2 fully saturated rings. The average Bonchev–Trinajstić information content (AvgIpc) is 3.44. The highest BCUT2D eigenvalue weighted by Gasteiger charge is 2.39. The standard InChI is InChI=1S/C28H25ClN4O4/c29-20-3-2-18-13-23(30-22(18)14-20)28(37)32-9-7-16(8-10-32)11-17-1-4-21-19(12-17)15-33(27(21)36)24-5-6-25(34)31-26(24)35/h1-4,11-14,24,30H,5-10,15H2,(H,31,34,35). The predicted molar refractivity (Wildman–Crippen MR) is 139 cm³/mol. The van der Waals surface area contributed by atoms with E-state index < -0.39 is 11.9 Å². The third-order valence-electron chi connectivity index (χ3n) is 7.43. The summed E-state index contributed by atoms with van der Waals surface area (Å²) in [5.74, 6) is -0.888. The number of hydrogen-bond donors (Lipinski definition) is 2. The molecule has 3 aliphatic rings. The Bertz CT molecular complexity index is 1500. The minimum absolute atomic E-state index is 0.0176. The summed E-state index contributed by atoms with van der Waals surface area (Å²) in [6.07, 6.45) is 4.27. The van der Waals surface area contributed by atoms with E-state index in [0.717, 1.165) is 34.9 Å². The Morgan fingerprint density at radius 3 is 2.59 bits per heavy atom. The number of piperidine rings is 2. The topological polar surface area (TPSA) is 103 Å². The Morgan fingerprint density at radius 2 is 1.81 bits per heavy atom. The Morgan fingerprint density at radius 1 is 1.00 bits per heavy atom. The van der Waals surface area contributed by atoms with Crippen LogP contribution in [0.3, 0.4) is 0 Å². The molecule has 2 aromatic carbocycles. The van der Waals surface area contributed by atoms with Crippen molar-refractivity contribution in [1.29, 1.82) is 0 Å². The van der Waals surface area contributed by atoms with E-state index in [1.807, 2.05) is 47.4 Å². The van der Waals surface area contributed by atoms with Crippen LogP contribution in [-0.2, 0) is 16.1 Å². The molecule has 3 aliphatic heterocycles. The van der Waals surface area contributed by atoms with Crippen LogP contribution in [0.5, 0.6) is 0 Å². The highest BCUT2D eigenvalue weighted by atomic mass is 35.5. The van der Waals surface area contributed by atoms with Crippen molar-refractivity contribution >= 4 is 52.2 Å². The van der Waals surface area contributed by atoms with Crippen molar-refractivity contribution in [3.63, 3.8) is 0 Å². The molecule has 37 heavy (non-hydrogen) atoms. The van der Waals surface area contributed by atoms with Crippen LogP contribution in [0.4, 0.5) is 0 Å². The Labute approximate surface area is 218 Å². The monoisotopic (exact) mass is 516 g/mol. The molecule has 0 aliphatic carbocycles. The van der Waals surface area contributed by atoms with Crippen molar-refractivity contribution in [2.75, 3.05) is 13.1 Å². The van der Waals surface area contributed by atoms with Gasteiger partial charge in [-0.05, 0) is 60.7 Å². The van der Waals surface area contributed by atoms with E-state index in [-0.39, 0.29) is 24.1 Å². The molecule has 0 saturated carbocycles. The maximum atomic E-state index is 13.0. The lowest BCUT2D eigenvalue weighted by atomic mass is 9.99. The summed E-state index contributed by atoms with van der Waals surface area (Å²) in [4.78, 5) is 56.3. The Hall–Kier alpha value is -3.91. The third kappa shape index (κ3) is 4.42. The van der Waals surface area contributed by atoms with E-state index in [1.165, 1.54) is 5.57 Å². The number of halogens is 1. The molecule has 3 aromatic rings. The van der Waals surface area contributed by atoms with Crippen LogP contribution in [0.25, 0.3) is 17.0 Å². The third-order valence-corrected chi connectivity index (χ3v) is 7.66. The number of carbonyl (C=O) groups is 4. The van der Waals surface area contributed by atoms with E-state index in [4.69, 9.17) is 11.6 Å². The second kappa shape index (κ2) is 9.19. The fourth-order valence-electron chi connectivity index (χ4n) is 5.45. The number of aromatic amines is 1. The SMILES string of the molecule is O=C1CCC(N2Cc3cc(C=C4CCN(C(=O)c5cc6ccc(Cl)cc6[nH]5)CC4)ccc3C2=O)C(=O)N1. The number of aromatic nitrogens is 1. The van der Waals surface area contributed by atoms with Gasteiger partial charge in [0.05, 0.1) is 0 Å². The highest BCUT2D eigenvalue weighted by molar-refractivity contribution is 6.31. The molecule has 9 heteroatoms. The molecule has 1 atom stereocenters. The minimum Gasteiger partial charge on any atom is -0.350 e. The molecule has 2 saturated heterocycles. The minimum atomic E-state index is -0.615. The molecule has 6 rings (SSSR count). The van der Waals surface area contributed by atoms with Crippen LogP contribution in [0.15, 0.2) is 48.0 Å². The van der Waals surface area contributed by atoms with Crippen LogP contribution in [0.2, 0.25) is 5.02 Å². The van der Waals surface area contributed by atoms with E-state index in [2.05, 4.69) is 16.4 Å². The van der Waals surface area contributed by atoms with E-state index in [9.17, 15) is 19.2 Å². The average molecular weight is 517 g/mol. The molecule has 4 heterocycles. The van der Waals surface area contributed by atoms with Gasteiger partial charge < -0.3 is 14.8 Å². The van der Waals surface area contributed by atoms with Gasteiger partial charge in [-0.2, -0.15) is 0 Å². The van der Waals surface area contributed by atoms with E-state index in [1.54, 1.807) is 4.90 Å². The fourth-order valence-corrected chi connectivity index (χ4v) is 5.62. The van der Waals surface area contributed by atoms with Crippen molar-refractivity contribution in [1.82, 2.24) is 20.1 Å². The summed E-state index contributed by atoms with van der Waals surface area (Å²) in [6, 6.07) is 12.5. The quantitative estimate of drug-likeness (QED) is 0.515. The van der Waals surface area contributed by atoms with Crippen LogP contribution < -0.4 is 5.32 Å². The van der Waals surface area contributed by atoms with Crippen LogP contribution in [0, 0.1) is 0 Å². The number of nitrogens with one attached hydrogen (secondary N) is 2. The summed E-state index contributed by atoms with van der Waals surface area (Å²) < 4.78 is 0. The zero-order chi connectivity index (χ0) is 25.7. The summed E-state index contributed by atoms with van der Waals surface area (Å²) in [5.41, 5.74) is 5.15. The number of carbonyl (C=O) groups excluding carboxylic acids is 4. The van der Waals surface area contributed by atoms with Crippen molar-refractivity contribution in [3.05, 3.63) is 75.4 Å². The first-order valence-electron chi connectivity index (χ1n) is 12.4. The first-order valence-corrected chi connectivity index (χ1v) is 12.8. The molecule has 8 nitrogen and oxygen atoms in total. The molecule has 0 spiro atoms. The summed E-state index contributed by atoms with van der Waals surface area (Å²) in [5, 5.41) is 3.91. The zero-order valence-corrected chi connectivity index (χ0v) is 20.8. The lowest BCUT2D eigenvalue weighted by molar-refractivity contribution is -0.136. The van der Waals surface area contributed by atoms with Crippen molar-refractivity contribution in [2.45, 2.75) is 38.3 Å². The number of H-pyrrole nitrogens is 1. The summed E-state index contributed by atoms with van der Waals surface area (Å²) in [7, 11) is 0. The number of likely N-dealkylation sites (tertiary alicyclic amines) is 1. The second-order valence-corrected chi connectivity index (χ2v) is 10.3. The van der Waals surface area contributed by atoms with Gasteiger partial charge in [0.25, 0.3) is 11.8 Å². The zero-order valence-electron chi connectivity index (χ0n) is 20.1. The number of hydrogen-bond acceptors (Lipinski definition) is 4. The summed E-state index contributed by atoms with van der Waals surface area (Å²) in [6.45, 7) is 1.62. The molecule has 1 unspecified atom stereocenters. The van der Waals surface area contributed by atoms with Gasteiger partial charge in [-0.15, -0.1) is 0 Å². The van der Waals surface area contributed by atoms with Gasteiger partial charge >= 0.3 is 0 Å². The van der Waals surface area contributed by atoms with Crippen LogP contribution >= 0.6 is 11.6 Å². The number of imide groups is 1. The first kappa shape index (κ1) is 23.5. The van der Waals surface area contributed by atoms with E-state index >= 15 is 0 Å².